The summed E-state index contributed by atoms with van der Waals surface area (Å²) in [5.74, 6) is 0.579. The number of allylic oxidation sites excluding steroid dienone is 2. The molecule has 0 bridgehead atoms. The van der Waals surface area contributed by atoms with Crippen LogP contribution in [0.5, 0.6) is 0 Å². The average Bonchev–Trinajstić information content (AvgIpc) is 2.97. The van der Waals surface area contributed by atoms with E-state index in [1.165, 1.54) is 5.56 Å². The number of aliphatic hydroxyl groups is 1. The van der Waals surface area contributed by atoms with Crippen molar-refractivity contribution >= 4 is 28.7 Å². The Balaban J connectivity index is 0.000000757. The lowest BCUT2D eigenvalue weighted by molar-refractivity contribution is 0.0967. The van der Waals surface area contributed by atoms with Gasteiger partial charge in [-0.25, -0.2) is 4.21 Å². The molecule has 0 spiro atoms. The van der Waals surface area contributed by atoms with Crippen LogP contribution >= 0.6 is 0 Å². The van der Waals surface area contributed by atoms with Crippen molar-refractivity contribution < 1.29 is 14.1 Å². The quantitative estimate of drug-likeness (QED) is 0.786. The minimum atomic E-state index is -0.921. The lowest BCUT2D eigenvalue weighted by atomic mass is 10.1. The van der Waals surface area contributed by atoms with E-state index in [9.17, 15) is 9.00 Å². The first-order valence-corrected chi connectivity index (χ1v) is 11.4. The van der Waals surface area contributed by atoms with Crippen LogP contribution in [0.2, 0.25) is 0 Å². The van der Waals surface area contributed by atoms with Gasteiger partial charge in [-0.3, -0.25) is 9.10 Å². The Hall–Kier alpha value is -2.64. The lowest BCUT2D eigenvalue weighted by Crippen LogP contribution is -2.42. The minimum Gasteiger partial charge on any atom is -0.400 e. The van der Waals surface area contributed by atoms with Crippen molar-refractivity contribution in [1.29, 1.82) is 0 Å². The predicted octanol–water partition coefficient (Wildman–Crippen LogP) is 3.34. The number of aromatic nitrogens is 1. The molecule has 7 heteroatoms. The Kier molecular flexibility index (Phi) is 8.62. The molecule has 2 aliphatic rings. The lowest BCUT2D eigenvalue weighted by Gasteiger charge is -2.31. The zero-order valence-corrected chi connectivity index (χ0v) is 19.1. The van der Waals surface area contributed by atoms with Gasteiger partial charge in [-0.2, -0.15) is 0 Å². The highest BCUT2D eigenvalue weighted by Gasteiger charge is 2.24. The third-order valence-corrected chi connectivity index (χ3v) is 6.27. The smallest absolute Gasteiger partial charge is 0.255 e. The molecule has 2 N–H and O–H groups in total. The second-order valence-electron chi connectivity index (χ2n) is 6.62. The number of fused-ring (bicyclic) bond motifs is 1. The van der Waals surface area contributed by atoms with Gasteiger partial charge in [0.15, 0.2) is 0 Å². The number of hydrogen-bond donors (Lipinski definition) is 2. The summed E-state index contributed by atoms with van der Waals surface area (Å²) in [6.45, 7) is 6.71. The zero-order valence-electron chi connectivity index (χ0n) is 18.3. The maximum atomic E-state index is 12.7. The van der Waals surface area contributed by atoms with Crippen molar-refractivity contribution in [3.63, 3.8) is 0 Å². The molecule has 1 saturated heterocycles. The summed E-state index contributed by atoms with van der Waals surface area (Å²) in [5, 5.41) is 10.0. The molecule has 2 aromatic rings. The summed E-state index contributed by atoms with van der Waals surface area (Å²) in [6, 6.07) is 7.71. The van der Waals surface area contributed by atoms with Crippen LogP contribution in [0.4, 0.5) is 5.69 Å². The van der Waals surface area contributed by atoms with E-state index in [0.717, 1.165) is 42.7 Å². The van der Waals surface area contributed by atoms with E-state index in [2.05, 4.69) is 22.0 Å². The van der Waals surface area contributed by atoms with Crippen molar-refractivity contribution in [3.05, 3.63) is 70.7 Å². The summed E-state index contributed by atoms with van der Waals surface area (Å²) in [4.78, 5) is 12.7. The largest absolute Gasteiger partial charge is 0.400 e. The van der Waals surface area contributed by atoms with Crippen LogP contribution in [0.1, 0.15) is 41.0 Å². The van der Waals surface area contributed by atoms with Crippen molar-refractivity contribution in [2.45, 2.75) is 27.2 Å². The van der Waals surface area contributed by atoms with Crippen molar-refractivity contribution in [2.75, 3.05) is 23.7 Å². The number of hydrogen-bond acceptors (Lipinski definition) is 3. The third kappa shape index (κ3) is 5.09. The number of anilines is 1. The van der Waals surface area contributed by atoms with Gasteiger partial charge in [0.2, 0.25) is 0 Å². The van der Waals surface area contributed by atoms with Gasteiger partial charge in [0.25, 0.3) is 5.91 Å². The van der Waals surface area contributed by atoms with Crippen LogP contribution in [0, 0.1) is 6.92 Å². The highest BCUT2D eigenvalue weighted by Crippen LogP contribution is 2.25. The summed E-state index contributed by atoms with van der Waals surface area (Å²) in [6.07, 6.45) is 8.90. The third-order valence-electron chi connectivity index (χ3n) is 4.85. The Morgan fingerprint density at radius 2 is 1.93 bits per heavy atom. The summed E-state index contributed by atoms with van der Waals surface area (Å²) < 4.78 is 15.6. The second kappa shape index (κ2) is 10.9. The van der Waals surface area contributed by atoms with Gasteiger partial charge in [0, 0.05) is 49.5 Å². The number of aryl methyl sites for hydroxylation is 2. The molecule has 0 saturated carbocycles. The fourth-order valence-electron chi connectivity index (χ4n) is 3.31. The van der Waals surface area contributed by atoms with E-state index >= 15 is 0 Å². The number of carbonyl (C=O) groups excluding carboxylic acids is 1. The van der Waals surface area contributed by atoms with E-state index in [1.54, 1.807) is 0 Å². The molecular weight excluding hydrogens is 398 g/mol. The van der Waals surface area contributed by atoms with E-state index < -0.39 is 11.0 Å². The number of rotatable bonds is 3. The molecule has 1 aromatic carbocycles. The number of aliphatic hydroxyl groups excluding tert-OH is 1. The van der Waals surface area contributed by atoms with E-state index in [-0.39, 0.29) is 5.91 Å². The molecule has 2 heterocycles. The van der Waals surface area contributed by atoms with Crippen LogP contribution in [0.3, 0.4) is 0 Å². The number of carbonyl (C=O) groups is 1. The van der Waals surface area contributed by atoms with Crippen molar-refractivity contribution in [3.8, 4) is 0 Å². The van der Waals surface area contributed by atoms with Crippen LogP contribution in [0.25, 0.3) is 6.08 Å². The summed E-state index contributed by atoms with van der Waals surface area (Å²) in [7, 11) is 2.08. The summed E-state index contributed by atoms with van der Waals surface area (Å²) in [5.41, 5.74) is 5.55. The molecule has 1 amide bonds. The van der Waals surface area contributed by atoms with Gasteiger partial charge in [-0.15, -0.1) is 0 Å². The maximum Gasteiger partial charge on any atom is 0.255 e. The highest BCUT2D eigenvalue weighted by atomic mass is 32.2. The Labute approximate surface area is 181 Å². The predicted molar refractivity (Wildman–Crippen MR) is 125 cm³/mol. The standard InChI is InChI=1S/C20H21N3O2S.C2H6.CH4O/c1-14-12-17(23-10-11-26(23)25)6-7-18(14)20(24)21-16-5-3-4-15-8-9-22(2)19(15)13-16;2*1-2/h3,5-9,12-13H,4,10-11H2,1-2H3,(H,21,24);1-2H3;2H,1H3. The van der Waals surface area contributed by atoms with Crippen LogP contribution < -0.4 is 9.62 Å². The Morgan fingerprint density at radius 3 is 2.53 bits per heavy atom. The Morgan fingerprint density at radius 1 is 1.20 bits per heavy atom. The van der Waals surface area contributed by atoms with Crippen molar-refractivity contribution in [2.24, 2.45) is 7.05 Å². The van der Waals surface area contributed by atoms with Crippen LogP contribution in [-0.4, -0.2) is 39.2 Å². The maximum absolute atomic E-state index is 12.7. The molecule has 0 radical (unpaired) electrons. The molecule has 1 fully saturated rings. The molecule has 1 aliphatic carbocycles. The van der Waals surface area contributed by atoms with Gasteiger partial charge >= 0.3 is 0 Å². The monoisotopic (exact) mass is 429 g/mol. The minimum absolute atomic E-state index is 0.132. The normalized spacial score (nSPS) is 16.5. The second-order valence-corrected chi connectivity index (χ2v) is 8.12. The topological polar surface area (TPSA) is 74.6 Å². The first kappa shape index (κ1) is 23.6. The van der Waals surface area contributed by atoms with E-state index in [0.29, 0.717) is 11.3 Å². The molecule has 30 heavy (non-hydrogen) atoms. The van der Waals surface area contributed by atoms with Gasteiger partial charge in [-0.1, -0.05) is 19.9 Å². The van der Waals surface area contributed by atoms with Crippen molar-refractivity contribution in [1.82, 2.24) is 9.88 Å². The number of nitrogens with one attached hydrogen (secondary N) is 1. The number of amides is 1. The van der Waals surface area contributed by atoms with E-state index in [4.69, 9.17) is 5.11 Å². The molecule has 1 atom stereocenters. The number of benzene rings is 1. The SMILES string of the molecule is CC.CO.Cc1cc(N2CCS2=O)ccc1C(=O)NC1=Cc2c(ccn2C)CC=C1. The molecule has 1 aromatic heterocycles. The fourth-order valence-corrected chi connectivity index (χ4v) is 4.17. The van der Waals surface area contributed by atoms with Gasteiger partial charge in [0.05, 0.1) is 5.75 Å². The van der Waals surface area contributed by atoms with Gasteiger partial charge in [0.1, 0.15) is 11.0 Å². The van der Waals surface area contributed by atoms with E-state index in [1.807, 2.05) is 68.7 Å². The summed E-state index contributed by atoms with van der Waals surface area (Å²) >= 11 is 0. The van der Waals surface area contributed by atoms with Gasteiger partial charge in [-0.05, 0) is 60.9 Å². The average molecular weight is 430 g/mol. The first-order chi connectivity index (χ1) is 14.5. The molecule has 162 valence electrons. The van der Waals surface area contributed by atoms with Gasteiger partial charge < -0.3 is 15.0 Å². The molecular formula is C23H31N3O3S. The highest BCUT2D eigenvalue weighted by molar-refractivity contribution is 7.88. The molecule has 4 rings (SSSR count). The molecule has 1 unspecified atom stereocenters. The first-order valence-electron chi connectivity index (χ1n) is 10.1. The van der Waals surface area contributed by atoms with Crippen LogP contribution in [0.15, 0.2) is 48.3 Å². The fraction of sp³-hybridized carbons (Fsp3) is 0.348. The number of nitrogens with zero attached hydrogens (tertiary/aromatic N) is 2. The Bertz CT molecular complexity index is 976. The molecule has 1 aliphatic heterocycles. The van der Waals surface area contributed by atoms with Crippen LogP contribution in [-0.2, 0) is 24.5 Å². The zero-order chi connectivity index (χ0) is 22.3. The molecule has 6 nitrogen and oxygen atoms in total.